The highest BCUT2D eigenvalue weighted by Crippen LogP contribution is 2.30. The van der Waals surface area contributed by atoms with Crippen molar-refractivity contribution in [3.8, 4) is 11.5 Å². The molecule has 2 aromatic rings. The largest absolute Gasteiger partial charge is 0.506 e. The predicted molar refractivity (Wildman–Crippen MR) is 61.1 cm³/mol. The first-order valence-electron chi connectivity index (χ1n) is 4.86. The van der Waals surface area contributed by atoms with E-state index in [2.05, 4.69) is 4.98 Å². The van der Waals surface area contributed by atoms with Crippen molar-refractivity contribution in [2.24, 2.45) is 0 Å². The van der Waals surface area contributed by atoms with Gasteiger partial charge in [-0.3, -0.25) is 4.98 Å². The third kappa shape index (κ3) is 2.23. The van der Waals surface area contributed by atoms with Crippen molar-refractivity contribution in [3.63, 3.8) is 0 Å². The van der Waals surface area contributed by atoms with Crippen LogP contribution in [0.4, 0.5) is 5.69 Å². The van der Waals surface area contributed by atoms with Crippen LogP contribution >= 0.6 is 0 Å². The minimum absolute atomic E-state index is 0.0312. The van der Waals surface area contributed by atoms with Gasteiger partial charge in [-0.1, -0.05) is 12.1 Å². The van der Waals surface area contributed by atoms with Gasteiger partial charge in [0.1, 0.15) is 23.8 Å². The number of aromatic nitrogens is 1. The molecule has 0 unspecified atom stereocenters. The second kappa shape index (κ2) is 4.53. The summed E-state index contributed by atoms with van der Waals surface area (Å²) in [5.41, 5.74) is 6.86. The quantitative estimate of drug-likeness (QED) is 0.607. The minimum Gasteiger partial charge on any atom is -0.506 e. The van der Waals surface area contributed by atoms with Gasteiger partial charge in [-0.05, 0) is 18.2 Å². The molecule has 0 fully saturated rings. The van der Waals surface area contributed by atoms with Crippen LogP contribution < -0.4 is 10.5 Å². The van der Waals surface area contributed by atoms with Crippen LogP contribution in [0.2, 0.25) is 0 Å². The van der Waals surface area contributed by atoms with Crippen LogP contribution in [0.25, 0.3) is 0 Å². The number of phenolic OH excluding ortho intramolecular Hbond substituents is 1. The molecule has 0 atom stereocenters. The molecule has 1 heterocycles. The Balaban J connectivity index is 2.08. The Morgan fingerprint density at radius 2 is 2.12 bits per heavy atom. The number of hydrogen-bond acceptors (Lipinski definition) is 4. The van der Waals surface area contributed by atoms with Gasteiger partial charge in [0.2, 0.25) is 0 Å². The van der Waals surface area contributed by atoms with Crippen LogP contribution in [0.1, 0.15) is 5.56 Å². The lowest BCUT2D eigenvalue weighted by atomic mass is 10.2. The number of pyridine rings is 1. The van der Waals surface area contributed by atoms with Gasteiger partial charge in [0, 0.05) is 18.0 Å². The third-order valence-electron chi connectivity index (χ3n) is 2.16. The number of nitrogens with zero attached hydrogens (tertiary/aromatic N) is 1. The fourth-order valence-corrected chi connectivity index (χ4v) is 1.30. The maximum atomic E-state index is 9.38. The van der Waals surface area contributed by atoms with Crippen molar-refractivity contribution in [1.29, 1.82) is 0 Å². The number of aromatic hydroxyl groups is 1. The van der Waals surface area contributed by atoms with Crippen molar-refractivity contribution in [1.82, 2.24) is 4.98 Å². The molecule has 0 aliphatic carbocycles. The monoisotopic (exact) mass is 216 g/mol. The lowest BCUT2D eigenvalue weighted by Gasteiger charge is -2.09. The standard InChI is InChI=1S/C12H12N2O2/c13-12-10(15)4-1-5-11(12)16-8-9-3-2-6-14-7-9/h1-7,15H,8,13H2. The molecule has 0 bridgehead atoms. The highest BCUT2D eigenvalue weighted by molar-refractivity contribution is 5.61. The average molecular weight is 216 g/mol. The second-order valence-electron chi connectivity index (χ2n) is 3.34. The summed E-state index contributed by atoms with van der Waals surface area (Å²) < 4.78 is 5.48. The van der Waals surface area contributed by atoms with Crippen LogP contribution in [0.15, 0.2) is 42.7 Å². The van der Waals surface area contributed by atoms with Crippen LogP contribution in [-0.4, -0.2) is 10.1 Å². The highest BCUT2D eigenvalue weighted by atomic mass is 16.5. The molecule has 0 radical (unpaired) electrons. The summed E-state index contributed by atoms with van der Waals surface area (Å²) in [5, 5.41) is 9.38. The fraction of sp³-hybridized carbons (Fsp3) is 0.0833. The Hall–Kier alpha value is -2.23. The Labute approximate surface area is 93.3 Å². The lowest BCUT2D eigenvalue weighted by Crippen LogP contribution is -1.99. The van der Waals surface area contributed by atoms with Gasteiger partial charge in [-0.2, -0.15) is 0 Å². The van der Waals surface area contributed by atoms with E-state index in [4.69, 9.17) is 10.5 Å². The number of anilines is 1. The number of phenols is 1. The molecule has 0 aliphatic rings. The van der Waals surface area contributed by atoms with Gasteiger partial charge < -0.3 is 15.6 Å². The van der Waals surface area contributed by atoms with E-state index in [0.29, 0.717) is 12.4 Å². The minimum atomic E-state index is 0.0312. The fourth-order valence-electron chi connectivity index (χ4n) is 1.30. The number of para-hydroxylation sites is 1. The third-order valence-corrected chi connectivity index (χ3v) is 2.16. The summed E-state index contributed by atoms with van der Waals surface area (Å²) >= 11 is 0. The van der Waals surface area contributed by atoms with Gasteiger partial charge in [-0.25, -0.2) is 0 Å². The zero-order chi connectivity index (χ0) is 11.4. The highest BCUT2D eigenvalue weighted by Gasteiger charge is 2.04. The topological polar surface area (TPSA) is 68.4 Å². The summed E-state index contributed by atoms with van der Waals surface area (Å²) in [6, 6.07) is 8.67. The molecule has 0 saturated heterocycles. The molecule has 16 heavy (non-hydrogen) atoms. The molecule has 2 rings (SSSR count). The molecule has 82 valence electrons. The molecule has 3 N–H and O–H groups in total. The van der Waals surface area contributed by atoms with Gasteiger partial charge in [0.25, 0.3) is 0 Å². The molecule has 0 amide bonds. The first-order valence-corrected chi connectivity index (χ1v) is 4.86. The van der Waals surface area contributed by atoms with Gasteiger partial charge in [0.15, 0.2) is 0 Å². The lowest BCUT2D eigenvalue weighted by molar-refractivity contribution is 0.306. The van der Waals surface area contributed by atoms with Crippen LogP contribution in [0, 0.1) is 0 Å². The summed E-state index contributed by atoms with van der Waals surface area (Å²) in [4.78, 5) is 3.98. The first kappa shape index (κ1) is 10.3. The van der Waals surface area contributed by atoms with Crippen molar-refractivity contribution in [3.05, 3.63) is 48.3 Å². The van der Waals surface area contributed by atoms with Crippen LogP contribution in [0.3, 0.4) is 0 Å². The zero-order valence-electron chi connectivity index (χ0n) is 8.63. The van der Waals surface area contributed by atoms with Crippen molar-refractivity contribution < 1.29 is 9.84 Å². The molecule has 1 aromatic carbocycles. The SMILES string of the molecule is Nc1c(O)cccc1OCc1cccnc1. The second-order valence-corrected chi connectivity index (χ2v) is 3.34. The number of nitrogens with two attached hydrogens (primary N) is 1. The Morgan fingerprint density at radius 3 is 2.88 bits per heavy atom. The summed E-state index contributed by atoms with van der Waals surface area (Å²) in [7, 11) is 0. The number of hydrogen-bond donors (Lipinski definition) is 2. The molecule has 4 nitrogen and oxygen atoms in total. The van der Waals surface area contributed by atoms with Gasteiger partial charge in [-0.15, -0.1) is 0 Å². The molecule has 0 spiro atoms. The van der Waals surface area contributed by atoms with E-state index in [9.17, 15) is 5.11 Å². The van der Waals surface area contributed by atoms with E-state index in [1.165, 1.54) is 6.07 Å². The van der Waals surface area contributed by atoms with Crippen molar-refractivity contribution >= 4 is 5.69 Å². The van der Waals surface area contributed by atoms with Crippen molar-refractivity contribution in [2.75, 3.05) is 5.73 Å². The Morgan fingerprint density at radius 1 is 1.25 bits per heavy atom. The number of rotatable bonds is 3. The van der Waals surface area contributed by atoms with Gasteiger partial charge in [0.05, 0.1) is 0 Å². The maximum Gasteiger partial charge on any atom is 0.146 e. The van der Waals surface area contributed by atoms with E-state index in [1.807, 2.05) is 12.1 Å². The molecule has 0 saturated carbocycles. The Kier molecular flexibility index (Phi) is 2.91. The van der Waals surface area contributed by atoms with E-state index in [1.54, 1.807) is 24.5 Å². The molecule has 1 aromatic heterocycles. The zero-order valence-corrected chi connectivity index (χ0v) is 8.63. The summed E-state index contributed by atoms with van der Waals surface area (Å²) in [6.07, 6.45) is 3.42. The molecular weight excluding hydrogens is 204 g/mol. The first-order chi connectivity index (χ1) is 7.77. The summed E-state index contributed by atoms with van der Waals surface area (Å²) in [6.45, 7) is 0.376. The molecule has 0 aliphatic heterocycles. The van der Waals surface area contributed by atoms with E-state index in [0.717, 1.165) is 5.56 Å². The average Bonchev–Trinajstić information content (AvgIpc) is 2.32. The number of ether oxygens (including phenoxy) is 1. The van der Waals surface area contributed by atoms with Crippen LogP contribution in [0.5, 0.6) is 11.5 Å². The van der Waals surface area contributed by atoms with Crippen molar-refractivity contribution in [2.45, 2.75) is 6.61 Å². The molecular formula is C12H12N2O2. The van der Waals surface area contributed by atoms with E-state index in [-0.39, 0.29) is 11.4 Å². The smallest absolute Gasteiger partial charge is 0.146 e. The number of nitrogen functional groups attached to an aromatic ring is 1. The summed E-state index contributed by atoms with van der Waals surface area (Å²) in [5.74, 6) is 0.507. The van der Waals surface area contributed by atoms with Crippen LogP contribution in [-0.2, 0) is 6.61 Å². The van der Waals surface area contributed by atoms with Gasteiger partial charge >= 0.3 is 0 Å². The molecule has 4 heteroatoms. The number of benzene rings is 1. The van der Waals surface area contributed by atoms with E-state index < -0.39 is 0 Å². The normalized spacial score (nSPS) is 10.0. The maximum absolute atomic E-state index is 9.38. The Bertz CT molecular complexity index is 472. The van der Waals surface area contributed by atoms with E-state index >= 15 is 0 Å². The predicted octanol–water partition coefficient (Wildman–Crippen LogP) is 1.95.